The summed E-state index contributed by atoms with van der Waals surface area (Å²) in [6.45, 7) is 5.97. The molecule has 0 bridgehead atoms. The van der Waals surface area contributed by atoms with Crippen molar-refractivity contribution in [2.75, 3.05) is 33.8 Å². The second kappa shape index (κ2) is 6.17. The normalized spacial score (nSPS) is 39.7. The summed E-state index contributed by atoms with van der Waals surface area (Å²) in [5.41, 5.74) is 0. The fourth-order valence-corrected chi connectivity index (χ4v) is 3.54. The lowest BCUT2D eigenvalue weighted by Crippen LogP contribution is -2.47. The molecule has 0 aromatic carbocycles. The van der Waals surface area contributed by atoms with Crippen molar-refractivity contribution in [3.63, 3.8) is 0 Å². The minimum atomic E-state index is 0.443. The summed E-state index contributed by atoms with van der Waals surface area (Å²) in [7, 11) is 3.97. The van der Waals surface area contributed by atoms with Crippen LogP contribution in [0, 0.1) is 11.8 Å². The van der Waals surface area contributed by atoms with E-state index >= 15 is 0 Å². The number of nitrogens with zero attached hydrogens (tertiary/aromatic N) is 1. The maximum absolute atomic E-state index is 5.59. The molecule has 1 saturated heterocycles. The van der Waals surface area contributed by atoms with Gasteiger partial charge in [0, 0.05) is 26.2 Å². The molecule has 0 aromatic heterocycles. The van der Waals surface area contributed by atoms with Crippen LogP contribution in [0.3, 0.4) is 0 Å². The van der Waals surface area contributed by atoms with Crippen molar-refractivity contribution in [1.82, 2.24) is 10.2 Å². The predicted molar refractivity (Wildman–Crippen MR) is 71.2 cm³/mol. The van der Waals surface area contributed by atoms with Gasteiger partial charge in [-0.25, -0.2) is 0 Å². The molecular weight excluding hydrogens is 212 g/mol. The first-order valence-electron chi connectivity index (χ1n) is 7.17. The molecule has 1 N–H and O–H groups in total. The van der Waals surface area contributed by atoms with Crippen LogP contribution in [0.2, 0.25) is 0 Å². The van der Waals surface area contributed by atoms with Crippen LogP contribution < -0.4 is 5.32 Å². The third-order valence-corrected chi connectivity index (χ3v) is 4.80. The van der Waals surface area contributed by atoms with Crippen LogP contribution in [-0.2, 0) is 4.74 Å². The van der Waals surface area contributed by atoms with Crippen molar-refractivity contribution in [3.8, 4) is 0 Å². The van der Waals surface area contributed by atoms with E-state index in [1.807, 2.05) is 7.11 Å². The van der Waals surface area contributed by atoms with Gasteiger partial charge in [0.05, 0.1) is 6.10 Å². The Labute approximate surface area is 106 Å². The highest BCUT2D eigenvalue weighted by atomic mass is 16.5. The lowest BCUT2D eigenvalue weighted by atomic mass is 9.94. The SMILES string of the molecule is CNC1CCCC1CN1CCC(C)C(OC)C1. The van der Waals surface area contributed by atoms with Crippen LogP contribution in [0.5, 0.6) is 0 Å². The van der Waals surface area contributed by atoms with Crippen molar-refractivity contribution in [1.29, 1.82) is 0 Å². The summed E-state index contributed by atoms with van der Waals surface area (Å²) in [6.07, 6.45) is 5.89. The molecule has 0 aromatic rings. The molecule has 3 heteroatoms. The number of nitrogens with one attached hydrogen (secondary N) is 1. The molecule has 2 rings (SSSR count). The molecule has 17 heavy (non-hydrogen) atoms. The van der Waals surface area contributed by atoms with Gasteiger partial charge < -0.3 is 15.0 Å². The fraction of sp³-hybridized carbons (Fsp3) is 1.00. The van der Waals surface area contributed by atoms with E-state index in [0.29, 0.717) is 6.10 Å². The highest BCUT2D eigenvalue weighted by Gasteiger charge is 2.31. The van der Waals surface area contributed by atoms with E-state index in [2.05, 4.69) is 24.2 Å². The van der Waals surface area contributed by atoms with Crippen LogP contribution in [-0.4, -0.2) is 50.8 Å². The Bertz CT molecular complexity index is 234. The molecule has 3 nitrogen and oxygen atoms in total. The highest BCUT2D eigenvalue weighted by molar-refractivity contribution is 4.87. The molecule has 0 spiro atoms. The highest BCUT2D eigenvalue weighted by Crippen LogP contribution is 2.28. The molecule has 100 valence electrons. The van der Waals surface area contributed by atoms with Crippen molar-refractivity contribution >= 4 is 0 Å². The van der Waals surface area contributed by atoms with Gasteiger partial charge in [-0.3, -0.25) is 0 Å². The lowest BCUT2D eigenvalue weighted by molar-refractivity contribution is -0.00992. The summed E-state index contributed by atoms with van der Waals surface area (Å²) in [4.78, 5) is 2.62. The molecule has 0 radical (unpaired) electrons. The summed E-state index contributed by atoms with van der Waals surface area (Å²) in [6, 6.07) is 0.746. The monoisotopic (exact) mass is 240 g/mol. The smallest absolute Gasteiger partial charge is 0.0724 e. The summed E-state index contributed by atoms with van der Waals surface area (Å²) in [5.74, 6) is 1.57. The Morgan fingerprint density at radius 2 is 2.12 bits per heavy atom. The fourth-order valence-electron chi connectivity index (χ4n) is 3.54. The van der Waals surface area contributed by atoms with Crippen LogP contribution in [0.15, 0.2) is 0 Å². The van der Waals surface area contributed by atoms with Gasteiger partial charge in [-0.1, -0.05) is 13.3 Å². The van der Waals surface area contributed by atoms with Crippen LogP contribution >= 0.6 is 0 Å². The zero-order chi connectivity index (χ0) is 12.3. The van der Waals surface area contributed by atoms with Crippen molar-refractivity contribution in [2.45, 2.75) is 44.8 Å². The van der Waals surface area contributed by atoms with Gasteiger partial charge in [0.15, 0.2) is 0 Å². The minimum Gasteiger partial charge on any atom is -0.380 e. The number of rotatable bonds is 4. The van der Waals surface area contributed by atoms with E-state index in [0.717, 1.165) is 24.4 Å². The Morgan fingerprint density at radius 1 is 1.29 bits per heavy atom. The Morgan fingerprint density at radius 3 is 2.82 bits per heavy atom. The largest absolute Gasteiger partial charge is 0.380 e. The molecular formula is C14H28N2O. The van der Waals surface area contributed by atoms with Gasteiger partial charge in [-0.05, 0) is 44.7 Å². The number of methoxy groups -OCH3 is 1. The first kappa shape index (κ1) is 13.3. The van der Waals surface area contributed by atoms with Crippen LogP contribution in [0.1, 0.15) is 32.6 Å². The van der Waals surface area contributed by atoms with Crippen molar-refractivity contribution in [2.24, 2.45) is 11.8 Å². The first-order valence-corrected chi connectivity index (χ1v) is 7.17. The third kappa shape index (κ3) is 3.21. The predicted octanol–water partition coefficient (Wildman–Crippen LogP) is 1.73. The van der Waals surface area contributed by atoms with Gasteiger partial charge in [0.2, 0.25) is 0 Å². The zero-order valence-electron chi connectivity index (χ0n) is 11.6. The molecule has 1 aliphatic heterocycles. The molecule has 1 aliphatic carbocycles. The maximum atomic E-state index is 5.59. The molecule has 1 heterocycles. The summed E-state index contributed by atoms with van der Waals surface area (Å²) >= 11 is 0. The number of piperidine rings is 1. The molecule has 4 atom stereocenters. The number of hydrogen-bond donors (Lipinski definition) is 1. The standard InChI is InChI=1S/C14H28N2O/c1-11-7-8-16(10-14(11)17-3)9-12-5-4-6-13(12)15-2/h11-15H,4-10H2,1-3H3. The molecule has 4 unspecified atom stereocenters. The summed E-state index contributed by atoms with van der Waals surface area (Å²) < 4.78 is 5.59. The van der Waals surface area contributed by atoms with E-state index in [9.17, 15) is 0 Å². The minimum absolute atomic E-state index is 0.443. The topological polar surface area (TPSA) is 24.5 Å². The number of hydrogen-bond acceptors (Lipinski definition) is 3. The van der Waals surface area contributed by atoms with Crippen LogP contribution in [0.4, 0.5) is 0 Å². The lowest BCUT2D eigenvalue weighted by Gasteiger charge is -2.38. The van der Waals surface area contributed by atoms with E-state index < -0.39 is 0 Å². The second-order valence-electron chi connectivity index (χ2n) is 5.89. The Balaban J connectivity index is 1.82. The van der Waals surface area contributed by atoms with E-state index in [1.54, 1.807) is 0 Å². The van der Waals surface area contributed by atoms with E-state index in [-0.39, 0.29) is 0 Å². The third-order valence-electron chi connectivity index (χ3n) is 4.80. The van der Waals surface area contributed by atoms with E-state index in [1.165, 1.54) is 38.8 Å². The first-order chi connectivity index (χ1) is 8.24. The maximum Gasteiger partial charge on any atom is 0.0724 e. The number of likely N-dealkylation sites (tertiary alicyclic amines) is 1. The molecule has 2 aliphatic rings. The van der Waals surface area contributed by atoms with Gasteiger partial charge in [-0.15, -0.1) is 0 Å². The summed E-state index contributed by atoms with van der Waals surface area (Å²) in [5, 5.41) is 3.48. The van der Waals surface area contributed by atoms with E-state index in [4.69, 9.17) is 4.74 Å². The number of ether oxygens (including phenoxy) is 1. The molecule has 1 saturated carbocycles. The van der Waals surface area contributed by atoms with Crippen molar-refractivity contribution in [3.05, 3.63) is 0 Å². The molecule has 2 fully saturated rings. The zero-order valence-corrected chi connectivity index (χ0v) is 11.6. The average molecular weight is 240 g/mol. The van der Waals surface area contributed by atoms with Gasteiger partial charge in [0.25, 0.3) is 0 Å². The Hall–Kier alpha value is -0.120. The quantitative estimate of drug-likeness (QED) is 0.810. The van der Waals surface area contributed by atoms with Gasteiger partial charge in [0.1, 0.15) is 0 Å². The van der Waals surface area contributed by atoms with Crippen molar-refractivity contribution < 1.29 is 4.74 Å². The average Bonchev–Trinajstić information content (AvgIpc) is 2.79. The van der Waals surface area contributed by atoms with Gasteiger partial charge in [-0.2, -0.15) is 0 Å². The molecule has 0 amide bonds. The van der Waals surface area contributed by atoms with Gasteiger partial charge >= 0.3 is 0 Å². The Kier molecular flexibility index (Phi) is 4.83. The second-order valence-corrected chi connectivity index (χ2v) is 5.89. The van der Waals surface area contributed by atoms with Crippen LogP contribution in [0.25, 0.3) is 0 Å².